The SMILES string of the molecule is C=CCNC(=NCc1cc2c(cc1OCC)CC(C)O2)NCC(=O)N(C)C.I. The summed E-state index contributed by atoms with van der Waals surface area (Å²) < 4.78 is 11.7. The van der Waals surface area contributed by atoms with Gasteiger partial charge in [-0.1, -0.05) is 6.08 Å². The topological polar surface area (TPSA) is 75.2 Å². The Morgan fingerprint density at radius 3 is 2.82 bits per heavy atom. The summed E-state index contributed by atoms with van der Waals surface area (Å²) in [7, 11) is 3.44. The van der Waals surface area contributed by atoms with Gasteiger partial charge >= 0.3 is 0 Å². The number of ether oxygens (including phenoxy) is 2. The molecule has 8 heteroatoms. The van der Waals surface area contributed by atoms with E-state index in [-0.39, 0.29) is 42.5 Å². The molecule has 0 fully saturated rings. The van der Waals surface area contributed by atoms with Crippen molar-refractivity contribution in [1.82, 2.24) is 15.5 Å². The molecule has 1 aromatic rings. The summed E-state index contributed by atoms with van der Waals surface area (Å²) in [6.45, 7) is 9.43. The van der Waals surface area contributed by atoms with Crippen LogP contribution in [0.4, 0.5) is 0 Å². The number of hydrogen-bond acceptors (Lipinski definition) is 4. The maximum Gasteiger partial charge on any atom is 0.241 e. The lowest BCUT2D eigenvalue weighted by atomic mass is 10.1. The Kier molecular flexibility index (Phi) is 10.1. The smallest absolute Gasteiger partial charge is 0.241 e. The number of carbonyl (C=O) groups excluding carboxylic acids is 1. The molecule has 1 amide bonds. The second-order valence-corrected chi connectivity index (χ2v) is 6.61. The monoisotopic (exact) mass is 502 g/mol. The minimum atomic E-state index is -0.0296. The number of guanidine groups is 1. The average molecular weight is 502 g/mol. The Bertz CT molecular complexity index is 707. The van der Waals surface area contributed by atoms with Crippen molar-refractivity contribution in [3.63, 3.8) is 0 Å². The molecular weight excluding hydrogens is 471 g/mol. The molecule has 0 saturated heterocycles. The summed E-state index contributed by atoms with van der Waals surface area (Å²) in [6, 6.07) is 4.05. The van der Waals surface area contributed by atoms with E-state index < -0.39 is 0 Å². The first-order chi connectivity index (χ1) is 12.9. The summed E-state index contributed by atoms with van der Waals surface area (Å²) in [5.41, 5.74) is 2.11. The number of rotatable bonds is 8. The molecule has 1 aliphatic rings. The Hall–Kier alpha value is -1.97. The van der Waals surface area contributed by atoms with Crippen LogP contribution in [0.5, 0.6) is 11.5 Å². The Balaban J connectivity index is 0.00000392. The molecule has 1 aliphatic heterocycles. The molecule has 1 atom stereocenters. The van der Waals surface area contributed by atoms with Crippen LogP contribution in [0, 0.1) is 0 Å². The van der Waals surface area contributed by atoms with Gasteiger partial charge < -0.3 is 25.0 Å². The number of amides is 1. The van der Waals surface area contributed by atoms with Crippen LogP contribution in [0.1, 0.15) is 25.0 Å². The highest BCUT2D eigenvalue weighted by atomic mass is 127. The zero-order valence-electron chi connectivity index (χ0n) is 17.1. The van der Waals surface area contributed by atoms with Gasteiger partial charge in [0.05, 0.1) is 19.7 Å². The predicted octanol–water partition coefficient (Wildman–Crippen LogP) is 2.34. The largest absolute Gasteiger partial charge is 0.494 e. The molecule has 1 unspecified atom stereocenters. The van der Waals surface area contributed by atoms with Crippen molar-refractivity contribution in [3.8, 4) is 11.5 Å². The second kappa shape index (κ2) is 11.8. The highest BCUT2D eigenvalue weighted by molar-refractivity contribution is 14.0. The third kappa shape index (κ3) is 6.88. The molecule has 1 aromatic carbocycles. The van der Waals surface area contributed by atoms with Crippen LogP contribution < -0.4 is 20.1 Å². The van der Waals surface area contributed by atoms with E-state index in [2.05, 4.69) is 29.1 Å². The van der Waals surface area contributed by atoms with Gasteiger partial charge in [0, 0.05) is 38.2 Å². The van der Waals surface area contributed by atoms with E-state index in [9.17, 15) is 4.79 Å². The number of halogens is 1. The molecule has 28 heavy (non-hydrogen) atoms. The van der Waals surface area contributed by atoms with Crippen LogP contribution in [0.3, 0.4) is 0 Å². The first-order valence-corrected chi connectivity index (χ1v) is 9.23. The number of aliphatic imine (C=N–C) groups is 1. The number of fused-ring (bicyclic) bond motifs is 1. The van der Waals surface area contributed by atoms with E-state index in [4.69, 9.17) is 9.47 Å². The van der Waals surface area contributed by atoms with E-state index >= 15 is 0 Å². The van der Waals surface area contributed by atoms with Crippen LogP contribution in [0.25, 0.3) is 0 Å². The lowest BCUT2D eigenvalue weighted by Crippen LogP contribution is -2.43. The van der Waals surface area contributed by atoms with Crippen LogP contribution in [0.15, 0.2) is 29.8 Å². The van der Waals surface area contributed by atoms with Crippen molar-refractivity contribution >= 4 is 35.8 Å². The van der Waals surface area contributed by atoms with Crippen LogP contribution in [-0.2, 0) is 17.8 Å². The molecule has 0 spiro atoms. The number of benzene rings is 1. The van der Waals surface area contributed by atoms with Gasteiger partial charge in [0.25, 0.3) is 0 Å². The number of nitrogens with zero attached hydrogens (tertiary/aromatic N) is 2. The van der Waals surface area contributed by atoms with Gasteiger partial charge in [-0.05, 0) is 26.0 Å². The number of carbonyl (C=O) groups is 1. The molecule has 2 N–H and O–H groups in total. The maximum atomic E-state index is 11.8. The van der Waals surface area contributed by atoms with E-state index in [1.807, 2.05) is 19.1 Å². The molecular formula is C20H31IN4O3. The van der Waals surface area contributed by atoms with Gasteiger partial charge in [-0.15, -0.1) is 30.6 Å². The first kappa shape index (κ1) is 24.1. The molecule has 7 nitrogen and oxygen atoms in total. The van der Waals surface area contributed by atoms with Gasteiger partial charge in [-0.3, -0.25) is 4.79 Å². The summed E-state index contributed by atoms with van der Waals surface area (Å²) in [5, 5.41) is 6.17. The molecule has 0 bridgehead atoms. The quantitative estimate of drug-likeness (QED) is 0.247. The molecule has 2 rings (SSSR count). The van der Waals surface area contributed by atoms with E-state index in [0.29, 0.717) is 25.7 Å². The minimum absolute atomic E-state index is 0. The third-order valence-corrected chi connectivity index (χ3v) is 4.11. The fraction of sp³-hybridized carbons (Fsp3) is 0.500. The standard InChI is InChI=1S/C20H30N4O3.HI/c1-6-8-21-20(23-13-19(25)24(4)5)22-12-16-11-18-15(9-14(3)27-18)10-17(16)26-7-2;/h6,10-11,14H,1,7-9,12-13H2,2-5H3,(H2,21,22,23);1H. The van der Waals surface area contributed by atoms with E-state index in [0.717, 1.165) is 23.5 Å². The lowest BCUT2D eigenvalue weighted by Gasteiger charge is -2.15. The summed E-state index contributed by atoms with van der Waals surface area (Å²) in [5.74, 6) is 2.23. The van der Waals surface area contributed by atoms with E-state index in [1.54, 1.807) is 20.2 Å². The zero-order chi connectivity index (χ0) is 19.8. The Morgan fingerprint density at radius 1 is 1.43 bits per heavy atom. The lowest BCUT2D eigenvalue weighted by molar-refractivity contribution is -0.127. The number of likely N-dealkylation sites (N-methyl/N-ethyl adjacent to an activating group) is 1. The minimum Gasteiger partial charge on any atom is -0.494 e. The highest BCUT2D eigenvalue weighted by Crippen LogP contribution is 2.35. The van der Waals surface area contributed by atoms with Crippen LogP contribution in [-0.4, -0.2) is 56.7 Å². The van der Waals surface area contributed by atoms with Gasteiger partial charge in [0.1, 0.15) is 17.6 Å². The van der Waals surface area contributed by atoms with Crippen molar-refractivity contribution < 1.29 is 14.3 Å². The Morgan fingerprint density at radius 2 is 2.18 bits per heavy atom. The van der Waals surface area contributed by atoms with Crippen molar-refractivity contribution in [2.24, 2.45) is 4.99 Å². The first-order valence-electron chi connectivity index (χ1n) is 9.23. The zero-order valence-corrected chi connectivity index (χ0v) is 19.4. The van der Waals surface area contributed by atoms with Gasteiger partial charge in [-0.25, -0.2) is 4.99 Å². The van der Waals surface area contributed by atoms with Gasteiger partial charge in [0.15, 0.2) is 5.96 Å². The van der Waals surface area contributed by atoms with Crippen molar-refractivity contribution in [1.29, 1.82) is 0 Å². The molecule has 1 heterocycles. The second-order valence-electron chi connectivity index (χ2n) is 6.61. The molecule has 0 aliphatic carbocycles. The summed E-state index contributed by atoms with van der Waals surface area (Å²) in [6.07, 6.45) is 2.80. The van der Waals surface area contributed by atoms with E-state index in [1.165, 1.54) is 10.5 Å². The molecule has 0 radical (unpaired) electrons. The summed E-state index contributed by atoms with van der Waals surface area (Å²) >= 11 is 0. The van der Waals surface area contributed by atoms with Crippen molar-refractivity contribution in [2.45, 2.75) is 32.9 Å². The molecule has 0 aromatic heterocycles. The third-order valence-electron chi connectivity index (χ3n) is 4.11. The van der Waals surface area contributed by atoms with Crippen LogP contribution >= 0.6 is 24.0 Å². The number of hydrogen-bond donors (Lipinski definition) is 2. The van der Waals surface area contributed by atoms with Gasteiger partial charge in [-0.2, -0.15) is 0 Å². The van der Waals surface area contributed by atoms with Crippen molar-refractivity contribution in [2.75, 3.05) is 33.8 Å². The number of nitrogens with one attached hydrogen (secondary N) is 2. The molecule has 0 saturated carbocycles. The fourth-order valence-corrected chi connectivity index (χ4v) is 2.72. The fourth-order valence-electron chi connectivity index (χ4n) is 2.72. The normalized spacial score (nSPS) is 15.0. The van der Waals surface area contributed by atoms with Crippen LogP contribution in [0.2, 0.25) is 0 Å². The predicted molar refractivity (Wildman–Crippen MR) is 123 cm³/mol. The Labute approximate surface area is 184 Å². The van der Waals surface area contributed by atoms with Gasteiger partial charge in [0.2, 0.25) is 5.91 Å². The summed E-state index contributed by atoms with van der Waals surface area (Å²) in [4.78, 5) is 17.9. The molecule has 156 valence electrons. The maximum absolute atomic E-state index is 11.8. The highest BCUT2D eigenvalue weighted by Gasteiger charge is 2.21. The average Bonchev–Trinajstić information content (AvgIpc) is 2.99. The van der Waals surface area contributed by atoms with Crippen molar-refractivity contribution in [3.05, 3.63) is 35.9 Å².